The molecule has 2 rings (SSSR count). The number of nitrogens with zero attached hydrogens (tertiary/aromatic N) is 1. The number of amides is 2. The first-order valence-electron chi connectivity index (χ1n) is 5.50. The van der Waals surface area contributed by atoms with E-state index in [0.29, 0.717) is 16.4 Å². The van der Waals surface area contributed by atoms with Crippen molar-refractivity contribution in [1.29, 1.82) is 0 Å². The molecule has 1 heterocycles. The summed E-state index contributed by atoms with van der Waals surface area (Å²) in [5.41, 5.74) is 0.933. The number of aromatic carboxylic acids is 1. The van der Waals surface area contributed by atoms with Gasteiger partial charge in [-0.2, -0.15) is 0 Å². The Labute approximate surface area is 123 Å². The van der Waals surface area contributed by atoms with Gasteiger partial charge in [-0.05, 0) is 31.2 Å². The van der Waals surface area contributed by atoms with Crippen LogP contribution in [0.2, 0.25) is 5.02 Å². The van der Waals surface area contributed by atoms with Crippen LogP contribution in [0.25, 0.3) is 0 Å². The van der Waals surface area contributed by atoms with Gasteiger partial charge in [0.05, 0.1) is 5.69 Å². The van der Waals surface area contributed by atoms with E-state index in [9.17, 15) is 9.59 Å². The molecule has 20 heavy (non-hydrogen) atoms. The fourth-order valence-electron chi connectivity index (χ4n) is 1.44. The van der Waals surface area contributed by atoms with Crippen LogP contribution >= 0.6 is 22.9 Å². The number of nitrogens with one attached hydrogen (secondary N) is 2. The first kappa shape index (κ1) is 14.3. The summed E-state index contributed by atoms with van der Waals surface area (Å²) in [7, 11) is 0. The van der Waals surface area contributed by atoms with Crippen molar-refractivity contribution in [1.82, 2.24) is 4.98 Å². The van der Waals surface area contributed by atoms with Crippen LogP contribution in [0, 0.1) is 6.92 Å². The molecule has 104 valence electrons. The van der Waals surface area contributed by atoms with Crippen LogP contribution in [0.5, 0.6) is 0 Å². The number of carboxylic acid groups (broad SMARTS) is 1. The lowest BCUT2D eigenvalue weighted by Crippen LogP contribution is -2.19. The molecule has 0 spiro atoms. The number of carboxylic acids is 1. The van der Waals surface area contributed by atoms with Gasteiger partial charge in [-0.25, -0.2) is 14.6 Å². The van der Waals surface area contributed by atoms with E-state index in [1.165, 1.54) is 0 Å². The number of anilines is 2. The summed E-state index contributed by atoms with van der Waals surface area (Å²) in [6.45, 7) is 1.57. The maximum Gasteiger partial charge on any atom is 0.347 e. The zero-order valence-electron chi connectivity index (χ0n) is 10.3. The van der Waals surface area contributed by atoms with E-state index < -0.39 is 12.0 Å². The Morgan fingerprint density at radius 3 is 2.45 bits per heavy atom. The van der Waals surface area contributed by atoms with E-state index in [2.05, 4.69) is 15.6 Å². The van der Waals surface area contributed by atoms with Crippen molar-refractivity contribution < 1.29 is 14.7 Å². The Hall–Kier alpha value is -2.12. The van der Waals surface area contributed by atoms with Crippen molar-refractivity contribution >= 4 is 45.8 Å². The molecule has 1 aromatic carbocycles. The number of thiazole rings is 1. The normalized spacial score (nSPS) is 10.1. The molecule has 6 nitrogen and oxygen atoms in total. The van der Waals surface area contributed by atoms with Crippen LogP contribution in [-0.4, -0.2) is 22.1 Å². The van der Waals surface area contributed by atoms with E-state index in [1.54, 1.807) is 31.2 Å². The van der Waals surface area contributed by atoms with Gasteiger partial charge < -0.3 is 10.4 Å². The van der Waals surface area contributed by atoms with E-state index in [1.807, 2.05) is 0 Å². The molecule has 0 fully saturated rings. The highest BCUT2D eigenvalue weighted by Gasteiger charge is 2.15. The summed E-state index contributed by atoms with van der Waals surface area (Å²) >= 11 is 6.64. The minimum Gasteiger partial charge on any atom is -0.477 e. The van der Waals surface area contributed by atoms with Gasteiger partial charge in [0, 0.05) is 10.7 Å². The maximum atomic E-state index is 11.7. The van der Waals surface area contributed by atoms with Gasteiger partial charge in [-0.15, -0.1) is 0 Å². The standard InChI is InChI=1S/C12H10ClN3O3S/c1-6-9(10(17)18)20-12(14-6)16-11(19)15-8-4-2-7(13)3-5-8/h2-5H,1H3,(H,17,18)(H2,14,15,16,19). The van der Waals surface area contributed by atoms with E-state index in [-0.39, 0.29) is 10.0 Å². The molecule has 8 heteroatoms. The second-order valence-corrected chi connectivity index (χ2v) is 5.26. The highest BCUT2D eigenvalue weighted by atomic mass is 35.5. The highest BCUT2D eigenvalue weighted by Crippen LogP contribution is 2.22. The molecule has 0 aliphatic rings. The smallest absolute Gasteiger partial charge is 0.347 e. The SMILES string of the molecule is Cc1nc(NC(=O)Nc2ccc(Cl)cc2)sc1C(=O)O. The van der Waals surface area contributed by atoms with Gasteiger partial charge in [-0.1, -0.05) is 22.9 Å². The number of carbonyl (C=O) groups is 2. The number of benzene rings is 1. The lowest BCUT2D eigenvalue weighted by molar-refractivity contribution is 0.0701. The molecule has 0 unspecified atom stereocenters. The van der Waals surface area contributed by atoms with Crippen molar-refractivity contribution in [3.63, 3.8) is 0 Å². The molecule has 0 aliphatic heterocycles. The number of urea groups is 1. The quantitative estimate of drug-likeness (QED) is 0.809. The van der Waals surface area contributed by atoms with Crippen molar-refractivity contribution in [2.24, 2.45) is 0 Å². The molecule has 0 saturated carbocycles. The van der Waals surface area contributed by atoms with E-state index in [0.717, 1.165) is 11.3 Å². The van der Waals surface area contributed by atoms with Gasteiger partial charge in [0.15, 0.2) is 5.13 Å². The molecule has 0 bridgehead atoms. The molecule has 0 saturated heterocycles. The average Bonchev–Trinajstić information content (AvgIpc) is 2.73. The number of halogens is 1. The molecule has 1 aromatic heterocycles. The topological polar surface area (TPSA) is 91.3 Å². The van der Waals surface area contributed by atoms with Crippen LogP contribution in [0.1, 0.15) is 15.4 Å². The molecular weight excluding hydrogens is 302 g/mol. The molecule has 0 radical (unpaired) electrons. The van der Waals surface area contributed by atoms with Crippen LogP contribution in [0.3, 0.4) is 0 Å². The fraction of sp³-hybridized carbons (Fsp3) is 0.0833. The second kappa shape index (κ2) is 5.89. The predicted octanol–water partition coefficient (Wildman–Crippen LogP) is 3.45. The Morgan fingerprint density at radius 1 is 1.25 bits per heavy atom. The number of carbonyl (C=O) groups excluding carboxylic acids is 1. The third kappa shape index (κ3) is 3.46. The van der Waals surface area contributed by atoms with Gasteiger partial charge in [0.1, 0.15) is 4.88 Å². The first-order valence-corrected chi connectivity index (χ1v) is 6.69. The summed E-state index contributed by atoms with van der Waals surface area (Å²) in [5.74, 6) is -1.06. The molecule has 2 aromatic rings. The summed E-state index contributed by atoms with van der Waals surface area (Å²) < 4.78 is 0. The molecule has 0 aliphatic carbocycles. The number of aryl methyl sites for hydroxylation is 1. The van der Waals surface area contributed by atoms with Gasteiger partial charge >= 0.3 is 12.0 Å². The third-order valence-electron chi connectivity index (χ3n) is 2.31. The summed E-state index contributed by atoms with van der Waals surface area (Å²) in [4.78, 5) is 26.7. The monoisotopic (exact) mass is 311 g/mol. The zero-order valence-corrected chi connectivity index (χ0v) is 11.9. The number of hydrogen-bond acceptors (Lipinski definition) is 4. The van der Waals surface area contributed by atoms with Crippen LogP contribution in [0.4, 0.5) is 15.6 Å². The lowest BCUT2D eigenvalue weighted by atomic mass is 10.3. The lowest BCUT2D eigenvalue weighted by Gasteiger charge is -2.04. The van der Waals surface area contributed by atoms with Gasteiger partial charge in [0.2, 0.25) is 0 Å². The third-order valence-corrected chi connectivity index (χ3v) is 3.63. The Balaban J connectivity index is 2.03. The summed E-state index contributed by atoms with van der Waals surface area (Å²) in [6.07, 6.45) is 0. The van der Waals surface area contributed by atoms with Crippen molar-refractivity contribution in [3.8, 4) is 0 Å². The van der Waals surface area contributed by atoms with E-state index >= 15 is 0 Å². The number of aromatic nitrogens is 1. The number of hydrogen-bond donors (Lipinski definition) is 3. The van der Waals surface area contributed by atoms with E-state index in [4.69, 9.17) is 16.7 Å². The van der Waals surface area contributed by atoms with Crippen LogP contribution in [-0.2, 0) is 0 Å². The molecule has 2 amide bonds. The van der Waals surface area contributed by atoms with Crippen molar-refractivity contribution in [3.05, 3.63) is 39.9 Å². The zero-order chi connectivity index (χ0) is 14.7. The Morgan fingerprint density at radius 2 is 1.90 bits per heavy atom. The summed E-state index contributed by atoms with van der Waals surface area (Å²) in [6, 6.07) is 6.09. The van der Waals surface area contributed by atoms with Crippen LogP contribution < -0.4 is 10.6 Å². The second-order valence-electron chi connectivity index (χ2n) is 3.82. The Bertz CT molecular complexity index is 654. The maximum absolute atomic E-state index is 11.7. The molecule has 0 atom stereocenters. The predicted molar refractivity (Wildman–Crippen MR) is 77.9 cm³/mol. The van der Waals surface area contributed by atoms with Crippen molar-refractivity contribution in [2.45, 2.75) is 6.92 Å². The minimum absolute atomic E-state index is 0.104. The van der Waals surface area contributed by atoms with Crippen LogP contribution in [0.15, 0.2) is 24.3 Å². The number of rotatable bonds is 3. The average molecular weight is 312 g/mol. The largest absolute Gasteiger partial charge is 0.477 e. The van der Waals surface area contributed by atoms with Gasteiger partial charge in [0.25, 0.3) is 0 Å². The molecular formula is C12H10ClN3O3S. The summed E-state index contributed by atoms with van der Waals surface area (Å²) in [5, 5.41) is 14.8. The minimum atomic E-state index is -1.06. The first-order chi connectivity index (χ1) is 9.45. The van der Waals surface area contributed by atoms with Crippen molar-refractivity contribution in [2.75, 3.05) is 10.6 Å². The highest BCUT2D eigenvalue weighted by molar-refractivity contribution is 7.17. The van der Waals surface area contributed by atoms with Gasteiger partial charge in [-0.3, -0.25) is 5.32 Å². The fourth-order valence-corrected chi connectivity index (χ4v) is 2.37. The Kier molecular flexibility index (Phi) is 4.21. The molecule has 3 N–H and O–H groups in total.